The molecule has 2 N–H and O–H groups in total. The number of carbonyl (C=O) groups excluding carboxylic acids is 1. The highest BCUT2D eigenvalue weighted by Crippen LogP contribution is 2.21. The van der Waals surface area contributed by atoms with Crippen LogP contribution in [-0.4, -0.2) is 20.6 Å². The summed E-state index contributed by atoms with van der Waals surface area (Å²) in [6.07, 6.45) is 6.66. The van der Waals surface area contributed by atoms with Crippen LogP contribution in [0.15, 0.2) is 48.7 Å². The van der Waals surface area contributed by atoms with Gasteiger partial charge in [-0.2, -0.15) is 0 Å². The summed E-state index contributed by atoms with van der Waals surface area (Å²) in [4.78, 5) is 12.6. The van der Waals surface area contributed by atoms with Gasteiger partial charge in [-0.15, -0.1) is 10.2 Å². The van der Waals surface area contributed by atoms with Crippen LogP contribution in [0.1, 0.15) is 57.5 Å². The van der Waals surface area contributed by atoms with E-state index in [0.29, 0.717) is 0 Å². The van der Waals surface area contributed by atoms with Crippen molar-refractivity contribution in [3.05, 3.63) is 60.0 Å². The summed E-state index contributed by atoms with van der Waals surface area (Å²) in [6, 6.07) is 13.3. The molecule has 0 aliphatic carbocycles. The zero-order valence-corrected chi connectivity index (χ0v) is 16.9. The predicted octanol–water partition coefficient (Wildman–Crippen LogP) is 4.98. The van der Waals surface area contributed by atoms with Gasteiger partial charge in [-0.1, -0.05) is 51.8 Å². The van der Waals surface area contributed by atoms with Gasteiger partial charge in [0, 0.05) is 11.9 Å². The molecule has 2 amide bonds. The number of fused-ring (bicyclic) bond motifs is 1. The molecule has 0 spiro atoms. The van der Waals surface area contributed by atoms with Gasteiger partial charge in [0.1, 0.15) is 0 Å². The first-order valence-electron chi connectivity index (χ1n) is 10.0. The van der Waals surface area contributed by atoms with Gasteiger partial charge < -0.3 is 10.6 Å². The molecular formula is C22H29N5O. The molecule has 28 heavy (non-hydrogen) atoms. The van der Waals surface area contributed by atoms with E-state index in [9.17, 15) is 4.79 Å². The zero-order valence-electron chi connectivity index (χ0n) is 16.9. The van der Waals surface area contributed by atoms with E-state index in [1.807, 2.05) is 40.9 Å². The molecule has 6 nitrogen and oxygen atoms in total. The predicted molar refractivity (Wildman–Crippen MR) is 112 cm³/mol. The molecule has 0 aliphatic heterocycles. The van der Waals surface area contributed by atoms with Crippen molar-refractivity contribution in [1.29, 1.82) is 0 Å². The molecular weight excluding hydrogens is 350 g/mol. The van der Waals surface area contributed by atoms with E-state index in [2.05, 4.69) is 53.7 Å². The minimum atomic E-state index is -0.245. The Labute approximate surface area is 166 Å². The van der Waals surface area contributed by atoms with Crippen LogP contribution in [0.2, 0.25) is 0 Å². The van der Waals surface area contributed by atoms with Crippen molar-refractivity contribution >= 4 is 17.4 Å². The second kappa shape index (κ2) is 9.35. The van der Waals surface area contributed by atoms with Crippen LogP contribution >= 0.6 is 0 Å². The molecule has 6 heteroatoms. The van der Waals surface area contributed by atoms with Crippen molar-refractivity contribution in [2.24, 2.45) is 5.92 Å². The van der Waals surface area contributed by atoms with Crippen LogP contribution in [0.3, 0.4) is 0 Å². The van der Waals surface area contributed by atoms with E-state index >= 15 is 0 Å². The molecule has 2 aromatic heterocycles. The number of aryl methyl sites for hydroxylation is 1. The average Bonchev–Trinajstić information content (AvgIpc) is 3.11. The van der Waals surface area contributed by atoms with Crippen LogP contribution in [0.25, 0.3) is 5.65 Å². The molecule has 0 fully saturated rings. The van der Waals surface area contributed by atoms with Gasteiger partial charge in [0.15, 0.2) is 11.5 Å². The Bertz CT molecular complexity index is 901. The van der Waals surface area contributed by atoms with E-state index in [0.717, 1.165) is 23.6 Å². The molecule has 3 aromatic rings. The number of nitrogens with zero attached hydrogens (tertiary/aromatic N) is 3. The third-order valence-electron chi connectivity index (χ3n) is 4.85. The molecule has 1 atom stereocenters. The fourth-order valence-electron chi connectivity index (χ4n) is 3.24. The number of unbranched alkanes of at least 4 members (excludes halogenated alkanes) is 2. The summed E-state index contributed by atoms with van der Waals surface area (Å²) in [5, 5.41) is 14.5. The number of benzene rings is 1. The maximum atomic E-state index is 12.6. The highest BCUT2D eigenvalue weighted by molar-refractivity contribution is 5.89. The molecule has 148 valence electrons. The minimum Gasteiger partial charge on any atom is -0.328 e. The zero-order chi connectivity index (χ0) is 19.9. The molecule has 2 heterocycles. The topological polar surface area (TPSA) is 71.3 Å². The lowest BCUT2D eigenvalue weighted by atomic mass is 10.0. The van der Waals surface area contributed by atoms with Crippen molar-refractivity contribution in [2.45, 2.75) is 52.5 Å². The van der Waals surface area contributed by atoms with E-state index in [1.54, 1.807) is 0 Å². The fraction of sp³-hybridized carbons (Fsp3) is 0.409. The molecule has 0 aliphatic rings. The quantitative estimate of drug-likeness (QED) is 0.542. The van der Waals surface area contributed by atoms with Crippen LogP contribution < -0.4 is 10.6 Å². The van der Waals surface area contributed by atoms with Crippen molar-refractivity contribution < 1.29 is 4.79 Å². The molecule has 0 bridgehead atoms. The number of hydrogen-bond donors (Lipinski definition) is 2. The van der Waals surface area contributed by atoms with Crippen molar-refractivity contribution in [3.8, 4) is 0 Å². The van der Waals surface area contributed by atoms with Gasteiger partial charge in [-0.25, -0.2) is 4.79 Å². The summed E-state index contributed by atoms with van der Waals surface area (Å²) in [7, 11) is 0. The summed E-state index contributed by atoms with van der Waals surface area (Å²) < 4.78 is 1.91. The van der Waals surface area contributed by atoms with Gasteiger partial charge in [-0.3, -0.25) is 4.40 Å². The van der Waals surface area contributed by atoms with Crippen molar-refractivity contribution in [1.82, 2.24) is 19.9 Å². The summed E-state index contributed by atoms with van der Waals surface area (Å²) in [6.45, 7) is 6.32. The Morgan fingerprint density at radius 2 is 1.86 bits per heavy atom. The van der Waals surface area contributed by atoms with Crippen LogP contribution in [0.4, 0.5) is 10.5 Å². The number of urea groups is 1. The van der Waals surface area contributed by atoms with Crippen LogP contribution in [0, 0.1) is 5.92 Å². The number of carbonyl (C=O) groups is 1. The van der Waals surface area contributed by atoms with Crippen LogP contribution in [0.5, 0.6) is 0 Å². The number of rotatable bonds is 8. The van der Waals surface area contributed by atoms with Gasteiger partial charge in [-0.05, 0) is 48.6 Å². The maximum absolute atomic E-state index is 12.6. The molecule has 0 saturated heterocycles. The average molecular weight is 380 g/mol. The van der Waals surface area contributed by atoms with Crippen molar-refractivity contribution in [2.75, 3.05) is 5.32 Å². The summed E-state index contributed by atoms with van der Waals surface area (Å²) in [5.41, 5.74) is 2.85. The Kier molecular flexibility index (Phi) is 6.63. The van der Waals surface area contributed by atoms with Gasteiger partial charge in [0.05, 0.1) is 6.04 Å². The molecule has 1 unspecified atom stereocenters. The smallest absolute Gasteiger partial charge is 0.319 e. The summed E-state index contributed by atoms with van der Waals surface area (Å²) in [5.74, 6) is 0.895. The second-order valence-electron chi connectivity index (χ2n) is 7.46. The number of hydrogen-bond acceptors (Lipinski definition) is 3. The van der Waals surface area contributed by atoms with E-state index < -0.39 is 0 Å². The normalized spacial score (nSPS) is 12.3. The summed E-state index contributed by atoms with van der Waals surface area (Å²) >= 11 is 0. The maximum Gasteiger partial charge on any atom is 0.319 e. The number of pyridine rings is 1. The number of anilines is 1. The third-order valence-corrected chi connectivity index (χ3v) is 4.85. The monoisotopic (exact) mass is 379 g/mol. The Morgan fingerprint density at radius 3 is 2.57 bits per heavy atom. The first-order chi connectivity index (χ1) is 13.6. The molecule has 0 saturated carbocycles. The number of amides is 2. The van der Waals surface area contributed by atoms with Crippen LogP contribution in [-0.2, 0) is 6.42 Å². The minimum absolute atomic E-state index is 0.166. The van der Waals surface area contributed by atoms with E-state index in [4.69, 9.17) is 0 Å². The Morgan fingerprint density at radius 1 is 1.07 bits per heavy atom. The molecule has 0 radical (unpaired) electrons. The lowest BCUT2D eigenvalue weighted by molar-refractivity contribution is 0.243. The second-order valence-corrected chi connectivity index (χ2v) is 7.46. The fourth-order valence-corrected chi connectivity index (χ4v) is 3.24. The number of aromatic nitrogens is 3. The lowest BCUT2D eigenvalue weighted by Gasteiger charge is -2.21. The Balaban J connectivity index is 1.65. The van der Waals surface area contributed by atoms with Crippen molar-refractivity contribution in [3.63, 3.8) is 0 Å². The number of nitrogens with one attached hydrogen (secondary N) is 2. The Hall–Kier alpha value is -2.89. The molecule has 3 rings (SSSR count). The first kappa shape index (κ1) is 19.9. The van der Waals surface area contributed by atoms with Gasteiger partial charge in [0.25, 0.3) is 0 Å². The first-order valence-corrected chi connectivity index (χ1v) is 10.0. The van der Waals surface area contributed by atoms with E-state index in [1.165, 1.54) is 24.8 Å². The highest BCUT2D eigenvalue weighted by Gasteiger charge is 2.23. The van der Waals surface area contributed by atoms with Gasteiger partial charge >= 0.3 is 6.03 Å². The van der Waals surface area contributed by atoms with Gasteiger partial charge in [0.2, 0.25) is 0 Å². The lowest BCUT2D eigenvalue weighted by Crippen LogP contribution is -2.36. The molecule has 1 aromatic carbocycles. The SMILES string of the molecule is CCCCCc1ccc(NC(=O)NC(c2nnc3ccccn23)C(C)C)cc1. The third kappa shape index (κ3) is 4.88. The highest BCUT2D eigenvalue weighted by atomic mass is 16.2. The largest absolute Gasteiger partial charge is 0.328 e. The standard InChI is InChI=1S/C22H29N5O/c1-4-5-6-9-17-11-13-18(14-12-17)23-22(28)24-20(16(2)3)21-26-25-19-10-7-8-15-27(19)21/h7-8,10-16,20H,4-6,9H2,1-3H3,(H2,23,24,28). The van der Waals surface area contributed by atoms with E-state index in [-0.39, 0.29) is 18.0 Å².